The molecule has 0 saturated carbocycles. The van der Waals surface area contributed by atoms with Gasteiger partial charge in [-0.15, -0.1) is 11.8 Å². The molecule has 0 heterocycles. The van der Waals surface area contributed by atoms with Crippen LogP contribution in [0.3, 0.4) is 0 Å². The molecule has 0 unspecified atom stereocenters. The van der Waals surface area contributed by atoms with Crippen molar-refractivity contribution in [3.8, 4) is 0 Å². The minimum atomic E-state index is -0.0972. The number of hydrogen-bond donors (Lipinski definition) is 1. The van der Waals surface area contributed by atoms with Gasteiger partial charge in [-0.25, -0.2) is 4.39 Å². The zero-order chi connectivity index (χ0) is 13.5. The second kappa shape index (κ2) is 7.80. The number of rotatable bonds is 7. The average molecular weight is 269 g/mol. The molecule has 1 nitrogen and oxygen atoms in total. The van der Waals surface area contributed by atoms with E-state index < -0.39 is 0 Å². The van der Waals surface area contributed by atoms with Crippen LogP contribution in [0, 0.1) is 17.7 Å². The summed E-state index contributed by atoms with van der Waals surface area (Å²) in [6.07, 6.45) is 0. The predicted octanol–water partition coefficient (Wildman–Crippen LogP) is 4.32. The predicted molar refractivity (Wildman–Crippen MR) is 78.5 cm³/mol. The third-order valence-electron chi connectivity index (χ3n) is 2.50. The fourth-order valence-corrected chi connectivity index (χ4v) is 2.62. The van der Waals surface area contributed by atoms with Crippen LogP contribution in [0.25, 0.3) is 0 Å². The first-order valence-electron chi connectivity index (χ1n) is 6.61. The van der Waals surface area contributed by atoms with Gasteiger partial charge in [0.05, 0.1) is 0 Å². The van der Waals surface area contributed by atoms with Crippen LogP contribution in [0.5, 0.6) is 0 Å². The molecule has 0 fully saturated rings. The van der Waals surface area contributed by atoms with Crippen molar-refractivity contribution in [2.45, 2.75) is 39.1 Å². The molecule has 102 valence electrons. The Morgan fingerprint density at radius 2 is 1.89 bits per heavy atom. The highest BCUT2D eigenvalue weighted by Gasteiger charge is 2.09. The van der Waals surface area contributed by atoms with Crippen molar-refractivity contribution in [2.24, 2.45) is 11.8 Å². The second-order valence-electron chi connectivity index (χ2n) is 5.45. The highest BCUT2D eigenvalue weighted by Crippen LogP contribution is 2.26. The van der Waals surface area contributed by atoms with Gasteiger partial charge in [-0.05, 0) is 30.5 Å². The van der Waals surface area contributed by atoms with Crippen LogP contribution < -0.4 is 5.32 Å². The molecule has 1 N–H and O–H groups in total. The third kappa shape index (κ3) is 5.40. The fraction of sp³-hybridized carbons (Fsp3) is 0.600. The Hall–Kier alpha value is -0.540. The molecule has 0 aliphatic heterocycles. The van der Waals surface area contributed by atoms with E-state index in [0.717, 1.165) is 22.8 Å². The average Bonchev–Trinajstić information content (AvgIpc) is 2.28. The summed E-state index contributed by atoms with van der Waals surface area (Å²) in [6, 6.07) is 5.36. The number of nitrogens with one attached hydrogen (secondary N) is 1. The lowest BCUT2D eigenvalue weighted by Gasteiger charge is -2.13. The fourth-order valence-electron chi connectivity index (χ4n) is 1.59. The van der Waals surface area contributed by atoms with Gasteiger partial charge < -0.3 is 5.32 Å². The van der Waals surface area contributed by atoms with Crippen molar-refractivity contribution in [1.82, 2.24) is 5.32 Å². The van der Waals surface area contributed by atoms with E-state index in [9.17, 15) is 4.39 Å². The van der Waals surface area contributed by atoms with Crippen LogP contribution in [0.15, 0.2) is 23.1 Å². The standard InChI is InChI=1S/C15H24FNS/c1-11(2)8-17-9-13-14(16)6-5-7-15(13)18-10-12(3)4/h5-7,11-12,17H,8-10H2,1-4H3. The molecule has 0 aromatic heterocycles. The van der Waals surface area contributed by atoms with Crippen molar-refractivity contribution < 1.29 is 4.39 Å². The topological polar surface area (TPSA) is 12.0 Å². The lowest BCUT2D eigenvalue weighted by molar-refractivity contribution is 0.530. The quantitative estimate of drug-likeness (QED) is 0.740. The maximum atomic E-state index is 13.8. The number of halogens is 1. The van der Waals surface area contributed by atoms with E-state index in [1.807, 2.05) is 6.07 Å². The van der Waals surface area contributed by atoms with Crippen LogP contribution in [0.2, 0.25) is 0 Å². The van der Waals surface area contributed by atoms with E-state index in [0.29, 0.717) is 18.4 Å². The van der Waals surface area contributed by atoms with Crippen LogP contribution in [0.1, 0.15) is 33.3 Å². The Morgan fingerprint density at radius 3 is 2.50 bits per heavy atom. The first kappa shape index (κ1) is 15.5. The van der Waals surface area contributed by atoms with E-state index in [2.05, 4.69) is 33.0 Å². The monoisotopic (exact) mass is 269 g/mol. The van der Waals surface area contributed by atoms with Crippen molar-refractivity contribution in [3.05, 3.63) is 29.6 Å². The summed E-state index contributed by atoms with van der Waals surface area (Å²) in [5.41, 5.74) is 0.809. The lowest BCUT2D eigenvalue weighted by atomic mass is 10.2. The lowest BCUT2D eigenvalue weighted by Crippen LogP contribution is -2.20. The summed E-state index contributed by atoms with van der Waals surface area (Å²) >= 11 is 1.75. The number of thioether (sulfide) groups is 1. The molecular formula is C15H24FNS. The van der Waals surface area contributed by atoms with Gasteiger partial charge in [0.1, 0.15) is 5.82 Å². The van der Waals surface area contributed by atoms with E-state index >= 15 is 0 Å². The normalized spacial score (nSPS) is 11.5. The molecule has 0 radical (unpaired) electrons. The smallest absolute Gasteiger partial charge is 0.128 e. The molecule has 0 saturated heterocycles. The Kier molecular flexibility index (Phi) is 6.72. The number of benzene rings is 1. The molecule has 3 heteroatoms. The summed E-state index contributed by atoms with van der Waals surface area (Å²) in [5, 5.41) is 3.32. The first-order chi connectivity index (χ1) is 8.50. The van der Waals surface area contributed by atoms with E-state index in [4.69, 9.17) is 0 Å². The largest absolute Gasteiger partial charge is 0.312 e. The van der Waals surface area contributed by atoms with E-state index in [-0.39, 0.29) is 5.82 Å². The molecule has 0 amide bonds. The van der Waals surface area contributed by atoms with Gasteiger partial charge in [0, 0.05) is 22.8 Å². The molecule has 18 heavy (non-hydrogen) atoms. The minimum absolute atomic E-state index is 0.0972. The Bertz CT molecular complexity index is 364. The SMILES string of the molecule is CC(C)CNCc1c(F)cccc1SCC(C)C. The maximum Gasteiger partial charge on any atom is 0.128 e. The van der Waals surface area contributed by atoms with Gasteiger partial charge >= 0.3 is 0 Å². The molecule has 0 aliphatic carbocycles. The van der Waals surface area contributed by atoms with Gasteiger partial charge in [-0.1, -0.05) is 33.8 Å². The molecule has 1 aromatic carbocycles. The first-order valence-corrected chi connectivity index (χ1v) is 7.60. The third-order valence-corrected chi connectivity index (χ3v) is 4.03. The molecule has 0 atom stereocenters. The second-order valence-corrected chi connectivity index (χ2v) is 6.51. The Labute approximate surface area is 115 Å². The van der Waals surface area contributed by atoms with Crippen molar-refractivity contribution in [3.63, 3.8) is 0 Å². The van der Waals surface area contributed by atoms with Gasteiger partial charge in [-0.3, -0.25) is 0 Å². The summed E-state index contributed by atoms with van der Waals surface area (Å²) in [5.74, 6) is 2.14. The van der Waals surface area contributed by atoms with E-state index in [1.165, 1.54) is 0 Å². The van der Waals surface area contributed by atoms with Gasteiger partial charge in [0.25, 0.3) is 0 Å². The van der Waals surface area contributed by atoms with Gasteiger partial charge in [0.15, 0.2) is 0 Å². The van der Waals surface area contributed by atoms with Crippen LogP contribution in [-0.4, -0.2) is 12.3 Å². The molecular weight excluding hydrogens is 245 g/mol. The maximum absolute atomic E-state index is 13.8. The Morgan fingerprint density at radius 1 is 1.17 bits per heavy atom. The highest BCUT2D eigenvalue weighted by molar-refractivity contribution is 7.99. The van der Waals surface area contributed by atoms with Crippen LogP contribution in [-0.2, 0) is 6.54 Å². The molecule has 0 aliphatic rings. The molecule has 1 rings (SSSR count). The molecule has 0 spiro atoms. The van der Waals surface area contributed by atoms with E-state index in [1.54, 1.807) is 23.9 Å². The minimum Gasteiger partial charge on any atom is -0.312 e. The summed E-state index contributed by atoms with van der Waals surface area (Å²) < 4.78 is 13.8. The van der Waals surface area contributed by atoms with Crippen LogP contribution in [0.4, 0.5) is 4.39 Å². The van der Waals surface area contributed by atoms with Crippen LogP contribution >= 0.6 is 11.8 Å². The Balaban J connectivity index is 2.67. The van der Waals surface area contributed by atoms with Crippen molar-refractivity contribution in [1.29, 1.82) is 0 Å². The van der Waals surface area contributed by atoms with Gasteiger partial charge in [0.2, 0.25) is 0 Å². The van der Waals surface area contributed by atoms with Gasteiger partial charge in [-0.2, -0.15) is 0 Å². The number of hydrogen-bond acceptors (Lipinski definition) is 2. The highest BCUT2D eigenvalue weighted by atomic mass is 32.2. The molecule has 0 bridgehead atoms. The zero-order valence-electron chi connectivity index (χ0n) is 11.8. The summed E-state index contributed by atoms with van der Waals surface area (Å²) in [6.45, 7) is 10.2. The summed E-state index contributed by atoms with van der Waals surface area (Å²) in [7, 11) is 0. The zero-order valence-corrected chi connectivity index (χ0v) is 12.6. The molecule has 1 aromatic rings. The summed E-state index contributed by atoms with van der Waals surface area (Å²) in [4.78, 5) is 1.07. The van der Waals surface area contributed by atoms with Crippen molar-refractivity contribution in [2.75, 3.05) is 12.3 Å². The van der Waals surface area contributed by atoms with Crippen molar-refractivity contribution >= 4 is 11.8 Å².